The fourth-order valence-corrected chi connectivity index (χ4v) is 3.42. The third kappa shape index (κ3) is 3.93. The number of hydrogen-bond acceptors (Lipinski definition) is 5. The van der Waals surface area contributed by atoms with Gasteiger partial charge in [-0.25, -0.2) is 4.79 Å². The number of carbonyl (C=O) groups excluding carboxylic acids is 4. The van der Waals surface area contributed by atoms with Crippen molar-refractivity contribution in [3.05, 3.63) is 0 Å². The lowest BCUT2D eigenvalue weighted by Gasteiger charge is -2.33. The monoisotopic (exact) mass is 353 g/mol. The van der Waals surface area contributed by atoms with Gasteiger partial charge in [-0.3, -0.25) is 19.3 Å². The summed E-state index contributed by atoms with van der Waals surface area (Å²) in [7, 11) is 0. The highest BCUT2D eigenvalue weighted by atomic mass is 16.5. The first kappa shape index (κ1) is 19.2. The average Bonchev–Trinajstić information content (AvgIpc) is 2.84. The molecule has 2 fully saturated rings. The van der Waals surface area contributed by atoms with E-state index in [4.69, 9.17) is 4.74 Å². The summed E-state index contributed by atoms with van der Waals surface area (Å²) in [6.45, 7) is 5.42. The Kier molecular flexibility index (Phi) is 6.02. The summed E-state index contributed by atoms with van der Waals surface area (Å²) in [5, 5.41) is 2.65. The highest BCUT2D eigenvalue weighted by Gasteiger charge is 2.49. The number of hydrogen-bond donors (Lipinski definition) is 1. The molecule has 8 nitrogen and oxygen atoms in total. The Morgan fingerprint density at radius 2 is 1.92 bits per heavy atom. The minimum atomic E-state index is -0.948. The minimum Gasteiger partial charge on any atom is -0.454 e. The van der Waals surface area contributed by atoms with Crippen LogP contribution in [0, 0.1) is 0 Å². The molecule has 1 atom stereocenters. The number of piperidine rings is 1. The van der Waals surface area contributed by atoms with Gasteiger partial charge in [-0.15, -0.1) is 0 Å². The van der Waals surface area contributed by atoms with Gasteiger partial charge in [0.25, 0.3) is 11.8 Å². The van der Waals surface area contributed by atoms with Crippen LogP contribution in [-0.4, -0.2) is 64.9 Å². The molecule has 0 bridgehead atoms. The lowest BCUT2D eigenvalue weighted by Crippen LogP contribution is -2.46. The van der Waals surface area contributed by atoms with E-state index < -0.39 is 30.0 Å². The second-order valence-corrected chi connectivity index (χ2v) is 6.70. The van der Waals surface area contributed by atoms with Gasteiger partial charge in [-0.1, -0.05) is 13.8 Å². The maximum Gasteiger partial charge on any atom is 0.326 e. The zero-order valence-corrected chi connectivity index (χ0v) is 15.2. The molecule has 0 unspecified atom stereocenters. The molecular formula is C17H27N3O5. The molecule has 140 valence electrons. The van der Waals surface area contributed by atoms with Crippen molar-refractivity contribution in [1.82, 2.24) is 15.1 Å². The fourth-order valence-electron chi connectivity index (χ4n) is 3.42. The zero-order chi connectivity index (χ0) is 18.6. The molecule has 0 aliphatic carbocycles. The van der Waals surface area contributed by atoms with Crippen molar-refractivity contribution in [2.24, 2.45) is 0 Å². The van der Waals surface area contributed by atoms with Crippen LogP contribution in [0.25, 0.3) is 0 Å². The SMILES string of the molecule is CCC1(CC)NC(=O)N(CC(=O)OCC(=O)N2CCCC[C@H]2C)C1=O. The summed E-state index contributed by atoms with van der Waals surface area (Å²) in [5.41, 5.74) is -0.948. The maximum absolute atomic E-state index is 12.4. The summed E-state index contributed by atoms with van der Waals surface area (Å²) in [4.78, 5) is 51.1. The average molecular weight is 353 g/mol. The number of ether oxygens (including phenoxy) is 1. The first-order valence-corrected chi connectivity index (χ1v) is 8.93. The smallest absolute Gasteiger partial charge is 0.326 e. The second-order valence-electron chi connectivity index (χ2n) is 6.70. The number of likely N-dealkylation sites (tertiary alicyclic amines) is 1. The van der Waals surface area contributed by atoms with Crippen molar-refractivity contribution in [3.8, 4) is 0 Å². The molecule has 0 radical (unpaired) electrons. The van der Waals surface area contributed by atoms with Gasteiger partial charge in [0.1, 0.15) is 12.1 Å². The van der Waals surface area contributed by atoms with E-state index in [0.717, 1.165) is 24.2 Å². The van der Waals surface area contributed by atoms with E-state index in [1.807, 2.05) is 20.8 Å². The summed E-state index contributed by atoms with van der Waals surface area (Å²) in [6.07, 6.45) is 3.88. The van der Waals surface area contributed by atoms with E-state index in [1.54, 1.807) is 4.90 Å². The summed E-state index contributed by atoms with van der Waals surface area (Å²) in [5.74, 6) is -1.42. The lowest BCUT2D eigenvalue weighted by atomic mass is 9.93. The number of carbonyl (C=O) groups is 4. The molecule has 2 aliphatic heterocycles. The summed E-state index contributed by atoms with van der Waals surface area (Å²) >= 11 is 0. The molecule has 8 heteroatoms. The number of imide groups is 1. The predicted molar refractivity (Wildman–Crippen MR) is 89.5 cm³/mol. The highest BCUT2D eigenvalue weighted by molar-refractivity contribution is 6.08. The molecule has 0 aromatic rings. The van der Waals surface area contributed by atoms with Gasteiger partial charge in [0.05, 0.1) is 0 Å². The standard InChI is InChI=1S/C17H27N3O5/c1-4-17(5-2)15(23)20(16(24)18-17)10-14(22)25-11-13(21)19-9-7-6-8-12(19)3/h12H,4-11H2,1-3H3,(H,18,24)/t12-/m1/s1. The number of esters is 1. The van der Waals surface area contributed by atoms with Gasteiger partial charge in [-0.05, 0) is 39.0 Å². The van der Waals surface area contributed by atoms with Crippen LogP contribution in [0.3, 0.4) is 0 Å². The van der Waals surface area contributed by atoms with E-state index in [2.05, 4.69) is 5.32 Å². The van der Waals surface area contributed by atoms with Gasteiger partial charge < -0.3 is 15.0 Å². The predicted octanol–water partition coefficient (Wildman–Crippen LogP) is 1.04. The largest absolute Gasteiger partial charge is 0.454 e. The normalized spacial score (nSPS) is 22.8. The molecule has 0 aromatic carbocycles. The minimum absolute atomic E-state index is 0.139. The first-order chi connectivity index (χ1) is 11.8. The molecule has 2 heterocycles. The molecule has 0 aromatic heterocycles. The zero-order valence-electron chi connectivity index (χ0n) is 15.2. The van der Waals surface area contributed by atoms with Crippen molar-refractivity contribution in [3.63, 3.8) is 0 Å². The Bertz CT molecular complexity index is 558. The number of nitrogens with zero attached hydrogens (tertiary/aromatic N) is 2. The van der Waals surface area contributed by atoms with Crippen molar-refractivity contribution in [1.29, 1.82) is 0 Å². The third-order valence-electron chi connectivity index (χ3n) is 5.22. The molecule has 1 N–H and O–H groups in total. The van der Waals surface area contributed by atoms with Crippen LogP contribution in [0.15, 0.2) is 0 Å². The Morgan fingerprint density at radius 1 is 1.24 bits per heavy atom. The molecule has 2 aliphatic rings. The molecule has 4 amide bonds. The maximum atomic E-state index is 12.4. The molecule has 2 saturated heterocycles. The van der Waals surface area contributed by atoms with E-state index in [1.165, 1.54) is 0 Å². The number of nitrogens with one attached hydrogen (secondary N) is 1. The fraction of sp³-hybridized carbons (Fsp3) is 0.765. The van der Waals surface area contributed by atoms with Gasteiger partial charge >= 0.3 is 12.0 Å². The van der Waals surface area contributed by atoms with Crippen LogP contribution in [0.2, 0.25) is 0 Å². The topological polar surface area (TPSA) is 96.0 Å². The third-order valence-corrected chi connectivity index (χ3v) is 5.22. The van der Waals surface area contributed by atoms with E-state index in [0.29, 0.717) is 19.4 Å². The lowest BCUT2D eigenvalue weighted by molar-refractivity contribution is -0.155. The quantitative estimate of drug-likeness (QED) is 0.568. The van der Waals surface area contributed by atoms with Crippen LogP contribution in [-0.2, 0) is 19.1 Å². The van der Waals surface area contributed by atoms with Crippen molar-refractivity contribution < 1.29 is 23.9 Å². The molecule has 0 spiro atoms. The van der Waals surface area contributed by atoms with Crippen LogP contribution >= 0.6 is 0 Å². The number of amides is 4. The van der Waals surface area contributed by atoms with Crippen LogP contribution in [0.1, 0.15) is 52.9 Å². The number of rotatable bonds is 6. The van der Waals surface area contributed by atoms with E-state index in [9.17, 15) is 19.2 Å². The molecular weight excluding hydrogens is 326 g/mol. The Labute approximate surface area is 147 Å². The van der Waals surface area contributed by atoms with Gasteiger partial charge in [0.2, 0.25) is 0 Å². The Hall–Kier alpha value is -2.12. The van der Waals surface area contributed by atoms with Gasteiger partial charge in [-0.2, -0.15) is 0 Å². The van der Waals surface area contributed by atoms with Crippen LogP contribution in [0.5, 0.6) is 0 Å². The Morgan fingerprint density at radius 3 is 2.48 bits per heavy atom. The highest BCUT2D eigenvalue weighted by Crippen LogP contribution is 2.24. The van der Waals surface area contributed by atoms with Crippen molar-refractivity contribution in [2.45, 2.75) is 64.5 Å². The summed E-state index contributed by atoms with van der Waals surface area (Å²) < 4.78 is 5.00. The van der Waals surface area contributed by atoms with Crippen molar-refractivity contribution in [2.75, 3.05) is 19.7 Å². The van der Waals surface area contributed by atoms with E-state index in [-0.39, 0.29) is 18.6 Å². The molecule has 2 rings (SSSR count). The van der Waals surface area contributed by atoms with Crippen LogP contribution in [0.4, 0.5) is 4.79 Å². The second kappa shape index (κ2) is 7.84. The Balaban J connectivity index is 1.87. The summed E-state index contributed by atoms with van der Waals surface area (Å²) in [6, 6.07) is -0.456. The first-order valence-electron chi connectivity index (χ1n) is 8.93. The van der Waals surface area contributed by atoms with Crippen LogP contribution < -0.4 is 5.32 Å². The van der Waals surface area contributed by atoms with Crippen molar-refractivity contribution >= 4 is 23.8 Å². The van der Waals surface area contributed by atoms with Gasteiger partial charge in [0.15, 0.2) is 6.61 Å². The number of urea groups is 1. The molecule has 0 saturated carbocycles. The van der Waals surface area contributed by atoms with Gasteiger partial charge in [0, 0.05) is 12.6 Å². The molecule has 25 heavy (non-hydrogen) atoms. The van der Waals surface area contributed by atoms with E-state index >= 15 is 0 Å².